The first-order chi connectivity index (χ1) is 18.4. The molecule has 3 aromatic rings. The fraction of sp³-hybridized carbons (Fsp3) is 0.345. The van der Waals surface area contributed by atoms with Crippen molar-refractivity contribution >= 4 is 17.7 Å². The molecule has 2 aromatic carbocycles. The lowest BCUT2D eigenvalue weighted by atomic mass is 9.95. The van der Waals surface area contributed by atoms with E-state index in [1.165, 1.54) is 0 Å². The Balaban J connectivity index is 1.36. The molecule has 2 aliphatic rings. The van der Waals surface area contributed by atoms with E-state index < -0.39 is 11.8 Å². The van der Waals surface area contributed by atoms with Crippen molar-refractivity contribution in [3.63, 3.8) is 0 Å². The normalized spacial score (nSPS) is 18.4. The first kappa shape index (κ1) is 25.5. The van der Waals surface area contributed by atoms with Gasteiger partial charge in [-0.15, -0.1) is 0 Å². The van der Waals surface area contributed by atoms with Crippen LogP contribution < -0.4 is 10.1 Å². The average Bonchev–Trinajstić information content (AvgIpc) is 3.60. The fourth-order valence-corrected chi connectivity index (χ4v) is 5.19. The topological polar surface area (TPSA) is 101 Å². The largest absolute Gasteiger partial charge is 0.497 e. The summed E-state index contributed by atoms with van der Waals surface area (Å²) in [4.78, 5) is 43.7. The number of furan rings is 1. The summed E-state index contributed by atoms with van der Waals surface area (Å²) in [5, 5.41) is 2.87. The Kier molecular flexibility index (Phi) is 7.20. The maximum Gasteiger partial charge on any atom is 0.256 e. The minimum Gasteiger partial charge on any atom is -0.497 e. The van der Waals surface area contributed by atoms with E-state index in [0.717, 1.165) is 5.56 Å². The molecular formula is C29H31N3O6. The summed E-state index contributed by atoms with van der Waals surface area (Å²) < 4.78 is 16.9. The molecule has 0 bridgehead atoms. The molecule has 0 saturated carbocycles. The molecule has 3 amide bonds. The molecule has 38 heavy (non-hydrogen) atoms. The highest BCUT2D eigenvalue weighted by atomic mass is 16.5. The number of likely N-dealkylation sites (tertiary alicyclic amines) is 1. The second kappa shape index (κ2) is 10.7. The quantitative estimate of drug-likeness (QED) is 0.538. The molecule has 2 fully saturated rings. The van der Waals surface area contributed by atoms with Gasteiger partial charge >= 0.3 is 0 Å². The van der Waals surface area contributed by atoms with E-state index in [9.17, 15) is 14.4 Å². The van der Waals surface area contributed by atoms with Crippen LogP contribution in [0, 0.1) is 6.92 Å². The molecule has 198 valence electrons. The predicted octanol–water partition coefficient (Wildman–Crippen LogP) is 3.39. The van der Waals surface area contributed by atoms with Crippen LogP contribution in [0.4, 0.5) is 0 Å². The van der Waals surface area contributed by atoms with Crippen molar-refractivity contribution in [1.82, 2.24) is 15.1 Å². The molecule has 2 saturated heterocycles. The van der Waals surface area contributed by atoms with Crippen LogP contribution in [0.5, 0.6) is 5.75 Å². The van der Waals surface area contributed by atoms with Crippen LogP contribution in [0.3, 0.4) is 0 Å². The Morgan fingerprint density at radius 1 is 1.00 bits per heavy atom. The van der Waals surface area contributed by atoms with Crippen LogP contribution in [0.2, 0.25) is 0 Å². The summed E-state index contributed by atoms with van der Waals surface area (Å²) in [7, 11) is 1.56. The van der Waals surface area contributed by atoms with Gasteiger partial charge in [-0.3, -0.25) is 19.3 Å². The van der Waals surface area contributed by atoms with Gasteiger partial charge < -0.3 is 24.1 Å². The van der Waals surface area contributed by atoms with Crippen molar-refractivity contribution in [2.75, 3.05) is 26.8 Å². The van der Waals surface area contributed by atoms with Gasteiger partial charge in [0.25, 0.3) is 11.8 Å². The van der Waals surface area contributed by atoms with Crippen LogP contribution in [0.25, 0.3) is 0 Å². The van der Waals surface area contributed by atoms with E-state index in [1.54, 1.807) is 65.6 Å². The molecule has 0 aliphatic carbocycles. The van der Waals surface area contributed by atoms with Gasteiger partial charge in [-0.25, -0.2) is 0 Å². The fourth-order valence-electron chi connectivity index (χ4n) is 5.19. The van der Waals surface area contributed by atoms with Crippen molar-refractivity contribution in [3.8, 4) is 5.75 Å². The van der Waals surface area contributed by atoms with E-state index in [4.69, 9.17) is 13.9 Å². The second-order valence-electron chi connectivity index (χ2n) is 9.64. The number of ether oxygens (including phenoxy) is 2. The summed E-state index contributed by atoms with van der Waals surface area (Å²) >= 11 is 0. The van der Waals surface area contributed by atoms with Gasteiger partial charge in [0.05, 0.1) is 26.5 Å². The molecule has 9 nitrogen and oxygen atoms in total. The van der Waals surface area contributed by atoms with Crippen molar-refractivity contribution in [2.24, 2.45) is 0 Å². The van der Waals surface area contributed by atoms with Crippen molar-refractivity contribution in [3.05, 3.63) is 89.4 Å². The average molecular weight is 518 g/mol. The molecule has 1 atom stereocenters. The minimum atomic E-state index is -0.987. The number of rotatable bonds is 6. The molecule has 2 aliphatic heterocycles. The maximum atomic E-state index is 13.9. The predicted molar refractivity (Wildman–Crippen MR) is 139 cm³/mol. The summed E-state index contributed by atoms with van der Waals surface area (Å²) in [6, 6.07) is 17.1. The molecule has 0 radical (unpaired) electrons. The number of amides is 3. The second-order valence-corrected chi connectivity index (χ2v) is 9.64. The zero-order valence-electron chi connectivity index (χ0n) is 21.5. The molecule has 1 spiro atoms. The van der Waals surface area contributed by atoms with Crippen molar-refractivity contribution < 1.29 is 28.3 Å². The number of carbonyl (C=O) groups is 3. The number of hydrogen-bond acceptors (Lipinski definition) is 6. The van der Waals surface area contributed by atoms with E-state index >= 15 is 0 Å². The van der Waals surface area contributed by atoms with Gasteiger partial charge in [0.1, 0.15) is 23.3 Å². The SMILES string of the molecule is COc1cccc(C(=O)N2CCC3(CC2)OCC(C(=O)NCc2ccco2)N3C(=O)c2cccc(C)c2)c1. The van der Waals surface area contributed by atoms with Crippen molar-refractivity contribution in [2.45, 2.75) is 38.1 Å². The highest BCUT2D eigenvalue weighted by Gasteiger charge is 2.54. The molecule has 1 N–H and O–H groups in total. The summed E-state index contributed by atoms with van der Waals surface area (Å²) in [6.45, 7) is 2.97. The monoisotopic (exact) mass is 517 g/mol. The standard InChI is InChI=1S/C29H31N3O6/c1-20-6-3-7-21(16-20)28(35)32-25(26(33)30-18-24-10-5-15-37-24)19-38-29(32)11-13-31(14-12-29)27(34)22-8-4-9-23(17-22)36-2/h3-10,15-17,25H,11-14,18-19H2,1-2H3,(H,30,33). The Morgan fingerprint density at radius 3 is 2.42 bits per heavy atom. The molecular weight excluding hydrogens is 486 g/mol. The Labute approximate surface area is 221 Å². The third kappa shape index (κ3) is 5.02. The van der Waals surface area contributed by atoms with Gasteiger partial charge in [-0.1, -0.05) is 23.8 Å². The van der Waals surface area contributed by atoms with E-state index in [0.29, 0.717) is 48.6 Å². The third-order valence-electron chi connectivity index (χ3n) is 7.21. The lowest BCUT2D eigenvalue weighted by Gasteiger charge is -2.44. The summed E-state index contributed by atoms with van der Waals surface area (Å²) in [6.07, 6.45) is 2.33. The van der Waals surface area contributed by atoms with E-state index in [2.05, 4.69) is 5.32 Å². The highest BCUT2D eigenvalue weighted by Crippen LogP contribution is 2.39. The van der Waals surface area contributed by atoms with Crippen LogP contribution in [-0.4, -0.2) is 66.1 Å². The van der Waals surface area contributed by atoms with Crippen LogP contribution in [-0.2, 0) is 16.1 Å². The van der Waals surface area contributed by atoms with Crippen molar-refractivity contribution in [1.29, 1.82) is 0 Å². The first-order valence-electron chi connectivity index (χ1n) is 12.7. The Morgan fingerprint density at radius 2 is 1.74 bits per heavy atom. The Bertz CT molecular complexity index is 1310. The lowest BCUT2D eigenvalue weighted by Crippen LogP contribution is -2.59. The third-order valence-corrected chi connectivity index (χ3v) is 7.21. The number of benzene rings is 2. The number of methoxy groups -OCH3 is 1. The van der Waals surface area contributed by atoms with E-state index in [-0.39, 0.29) is 30.9 Å². The zero-order valence-corrected chi connectivity index (χ0v) is 21.5. The lowest BCUT2D eigenvalue weighted by molar-refractivity contribution is -0.128. The minimum absolute atomic E-state index is 0.0748. The molecule has 1 unspecified atom stereocenters. The number of piperidine rings is 1. The molecule has 3 heterocycles. The highest BCUT2D eigenvalue weighted by molar-refractivity contribution is 5.99. The van der Waals surface area contributed by atoms with Crippen LogP contribution in [0.1, 0.15) is 44.9 Å². The van der Waals surface area contributed by atoms with Gasteiger partial charge in [0.2, 0.25) is 5.91 Å². The number of nitrogens with one attached hydrogen (secondary N) is 1. The summed E-state index contributed by atoms with van der Waals surface area (Å²) in [5.41, 5.74) is 0.991. The molecule has 5 rings (SSSR count). The smallest absolute Gasteiger partial charge is 0.256 e. The number of aryl methyl sites for hydroxylation is 1. The van der Waals surface area contributed by atoms with Crippen LogP contribution >= 0.6 is 0 Å². The number of carbonyl (C=O) groups excluding carboxylic acids is 3. The number of nitrogens with zero attached hydrogens (tertiary/aromatic N) is 2. The Hall–Kier alpha value is -4.11. The summed E-state index contributed by atoms with van der Waals surface area (Å²) in [5.74, 6) is 0.543. The first-order valence-corrected chi connectivity index (χ1v) is 12.7. The van der Waals surface area contributed by atoms with Gasteiger partial charge in [0.15, 0.2) is 0 Å². The molecule has 9 heteroatoms. The van der Waals surface area contributed by atoms with Crippen LogP contribution in [0.15, 0.2) is 71.3 Å². The molecule has 1 aromatic heterocycles. The van der Waals surface area contributed by atoms with Gasteiger partial charge in [-0.2, -0.15) is 0 Å². The zero-order chi connectivity index (χ0) is 26.7. The van der Waals surface area contributed by atoms with Gasteiger partial charge in [0, 0.05) is 37.1 Å². The maximum absolute atomic E-state index is 13.9. The van der Waals surface area contributed by atoms with Gasteiger partial charge in [-0.05, 0) is 49.4 Å². The van der Waals surface area contributed by atoms with E-state index in [1.807, 2.05) is 25.1 Å². The number of hydrogen-bond donors (Lipinski definition) is 1.